The minimum atomic E-state index is -0.337. The minimum absolute atomic E-state index is 0.221. The van der Waals surface area contributed by atoms with Gasteiger partial charge in [-0.25, -0.2) is 0 Å². The number of nitrogens with one attached hydrogen (secondary N) is 1. The van der Waals surface area contributed by atoms with Gasteiger partial charge < -0.3 is 10.2 Å². The fourth-order valence-electron chi connectivity index (χ4n) is 1.47. The largest absolute Gasteiger partial charge is 0.361 e. The highest BCUT2D eigenvalue weighted by Gasteiger charge is 2.16. The van der Waals surface area contributed by atoms with Crippen molar-refractivity contribution in [2.45, 2.75) is 0 Å². The van der Waals surface area contributed by atoms with E-state index in [1.165, 1.54) is 11.3 Å². The molecule has 1 N–H and O–H groups in total. The zero-order valence-corrected chi connectivity index (χ0v) is 8.42. The second-order valence-electron chi connectivity index (χ2n) is 3.11. The SMILES string of the molecule is O=[N+]([O-])c1ccc(N2CCNCC2)s1. The summed E-state index contributed by atoms with van der Waals surface area (Å²) in [6.07, 6.45) is 0. The lowest BCUT2D eigenvalue weighted by molar-refractivity contribution is -0.380. The Morgan fingerprint density at radius 3 is 2.71 bits per heavy atom. The predicted octanol–water partition coefficient (Wildman–Crippen LogP) is 1.07. The molecule has 1 fully saturated rings. The van der Waals surface area contributed by atoms with Crippen LogP contribution in [0.25, 0.3) is 0 Å². The summed E-state index contributed by atoms with van der Waals surface area (Å²) in [6.45, 7) is 3.76. The molecule has 0 radical (unpaired) electrons. The Kier molecular flexibility index (Phi) is 2.64. The van der Waals surface area contributed by atoms with E-state index in [1.54, 1.807) is 6.07 Å². The monoisotopic (exact) mass is 213 g/mol. The first-order chi connectivity index (χ1) is 6.77. The Morgan fingerprint density at radius 2 is 2.14 bits per heavy atom. The summed E-state index contributed by atoms with van der Waals surface area (Å²) >= 11 is 1.25. The molecule has 0 atom stereocenters. The maximum Gasteiger partial charge on any atom is 0.326 e. The van der Waals surface area contributed by atoms with Gasteiger partial charge >= 0.3 is 5.00 Å². The smallest absolute Gasteiger partial charge is 0.326 e. The number of thiophene rings is 1. The van der Waals surface area contributed by atoms with Crippen LogP contribution in [-0.4, -0.2) is 31.1 Å². The van der Waals surface area contributed by atoms with E-state index in [1.807, 2.05) is 6.07 Å². The highest BCUT2D eigenvalue weighted by Crippen LogP contribution is 2.31. The summed E-state index contributed by atoms with van der Waals surface area (Å²) in [7, 11) is 0. The third-order valence-electron chi connectivity index (χ3n) is 2.19. The first-order valence-corrected chi connectivity index (χ1v) is 5.29. The summed E-state index contributed by atoms with van der Waals surface area (Å²) in [5.41, 5.74) is 0. The number of nitrogens with zero attached hydrogens (tertiary/aromatic N) is 2. The van der Waals surface area contributed by atoms with Crippen LogP contribution in [0.4, 0.5) is 10.0 Å². The van der Waals surface area contributed by atoms with Crippen molar-refractivity contribution in [2.75, 3.05) is 31.1 Å². The summed E-state index contributed by atoms with van der Waals surface area (Å²) in [4.78, 5) is 12.3. The van der Waals surface area contributed by atoms with Gasteiger partial charge in [-0.15, -0.1) is 0 Å². The number of nitro groups is 1. The number of rotatable bonds is 2. The maximum atomic E-state index is 10.5. The molecule has 0 aromatic carbocycles. The average Bonchev–Trinajstić information content (AvgIpc) is 2.68. The molecule has 0 spiro atoms. The van der Waals surface area contributed by atoms with Crippen LogP contribution in [0, 0.1) is 10.1 Å². The third-order valence-corrected chi connectivity index (χ3v) is 3.28. The predicted molar refractivity (Wildman–Crippen MR) is 56.1 cm³/mol. The van der Waals surface area contributed by atoms with Crippen molar-refractivity contribution in [2.24, 2.45) is 0 Å². The molecule has 5 nitrogen and oxygen atoms in total. The molecule has 2 heterocycles. The first-order valence-electron chi connectivity index (χ1n) is 4.47. The second-order valence-corrected chi connectivity index (χ2v) is 4.15. The third kappa shape index (κ3) is 1.85. The molecule has 2 rings (SSSR count). The van der Waals surface area contributed by atoms with Crippen LogP contribution in [0.1, 0.15) is 0 Å². The maximum absolute atomic E-state index is 10.5. The molecule has 1 aromatic rings. The number of piperazine rings is 1. The number of hydrogen-bond acceptors (Lipinski definition) is 5. The summed E-state index contributed by atoms with van der Waals surface area (Å²) in [6, 6.07) is 3.40. The van der Waals surface area contributed by atoms with Gasteiger partial charge in [0.15, 0.2) is 0 Å². The second kappa shape index (κ2) is 3.93. The molecule has 0 aliphatic carbocycles. The van der Waals surface area contributed by atoms with Crippen LogP contribution in [0.5, 0.6) is 0 Å². The normalized spacial score (nSPS) is 17.0. The van der Waals surface area contributed by atoms with Gasteiger partial charge in [-0.1, -0.05) is 0 Å². The van der Waals surface area contributed by atoms with Crippen LogP contribution < -0.4 is 10.2 Å². The van der Waals surface area contributed by atoms with E-state index in [0.717, 1.165) is 31.2 Å². The van der Waals surface area contributed by atoms with Crippen molar-refractivity contribution in [3.8, 4) is 0 Å². The molecule has 0 saturated carbocycles. The molecular formula is C8H11N3O2S. The Balaban J connectivity index is 2.11. The van der Waals surface area contributed by atoms with Gasteiger partial charge in [0.05, 0.1) is 9.92 Å². The lowest BCUT2D eigenvalue weighted by atomic mass is 10.4. The molecule has 6 heteroatoms. The Labute approximate surface area is 85.5 Å². The zero-order chi connectivity index (χ0) is 9.97. The van der Waals surface area contributed by atoms with Crippen LogP contribution in [-0.2, 0) is 0 Å². The molecule has 0 bridgehead atoms. The average molecular weight is 213 g/mol. The zero-order valence-electron chi connectivity index (χ0n) is 7.60. The fraction of sp³-hybridized carbons (Fsp3) is 0.500. The topological polar surface area (TPSA) is 58.4 Å². The molecule has 1 saturated heterocycles. The highest BCUT2D eigenvalue weighted by molar-refractivity contribution is 7.19. The Morgan fingerprint density at radius 1 is 1.43 bits per heavy atom. The van der Waals surface area contributed by atoms with Crippen LogP contribution in [0.2, 0.25) is 0 Å². The van der Waals surface area contributed by atoms with Crippen LogP contribution in [0.3, 0.4) is 0 Å². The van der Waals surface area contributed by atoms with Gasteiger partial charge in [-0.2, -0.15) is 0 Å². The Hall–Kier alpha value is -1.14. The number of hydrogen-bond donors (Lipinski definition) is 1. The van der Waals surface area contributed by atoms with Gasteiger partial charge in [0.1, 0.15) is 0 Å². The molecule has 76 valence electrons. The lowest BCUT2D eigenvalue weighted by Crippen LogP contribution is -2.43. The van der Waals surface area contributed by atoms with Gasteiger partial charge in [0, 0.05) is 32.2 Å². The highest BCUT2D eigenvalue weighted by atomic mass is 32.1. The van der Waals surface area contributed by atoms with E-state index >= 15 is 0 Å². The Bertz CT molecular complexity index is 333. The van der Waals surface area contributed by atoms with Crippen molar-refractivity contribution in [1.82, 2.24) is 5.32 Å². The molecule has 0 unspecified atom stereocenters. The van der Waals surface area contributed by atoms with E-state index < -0.39 is 0 Å². The van der Waals surface area contributed by atoms with Crippen molar-refractivity contribution in [1.29, 1.82) is 0 Å². The van der Waals surface area contributed by atoms with Gasteiger partial charge in [-0.3, -0.25) is 10.1 Å². The van der Waals surface area contributed by atoms with E-state index in [4.69, 9.17) is 0 Å². The van der Waals surface area contributed by atoms with Gasteiger partial charge in [-0.05, 0) is 17.4 Å². The lowest BCUT2D eigenvalue weighted by Gasteiger charge is -2.27. The van der Waals surface area contributed by atoms with Crippen LogP contribution >= 0.6 is 11.3 Å². The van der Waals surface area contributed by atoms with Crippen molar-refractivity contribution in [3.63, 3.8) is 0 Å². The number of anilines is 1. The van der Waals surface area contributed by atoms with E-state index in [0.29, 0.717) is 0 Å². The van der Waals surface area contributed by atoms with E-state index in [-0.39, 0.29) is 9.92 Å². The summed E-state index contributed by atoms with van der Waals surface area (Å²) in [5, 5.41) is 14.9. The van der Waals surface area contributed by atoms with Crippen molar-refractivity contribution < 1.29 is 4.92 Å². The first kappa shape index (κ1) is 9.42. The van der Waals surface area contributed by atoms with E-state index in [9.17, 15) is 10.1 Å². The summed E-state index contributed by atoms with van der Waals surface area (Å²) < 4.78 is 0. The van der Waals surface area contributed by atoms with Crippen molar-refractivity contribution >= 4 is 21.3 Å². The molecule has 14 heavy (non-hydrogen) atoms. The quantitative estimate of drug-likeness (QED) is 0.589. The standard InChI is InChI=1S/C8H11N3O2S/c12-11(13)8-2-1-7(14-8)10-5-3-9-4-6-10/h1-2,9H,3-6H2. The molecule has 1 aromatic heterocycles. The van der Waals surface area contributed by atoms with Gasteiger partial charge in [0.2, 0.25) is 0 Å². The molecular weight excluding hydrogens is 202 g/mol. The van der Waals surface area contributed by atoms with Gasteiger partial charge in [0.25, 0.3) is 0 Å². The summed E-state index contributed by atoms with van der Waals surface area (Å²) in [5.74, 6) is 0. The van der Waals surface area contributed by atoms with Crippen molar-refractivity contribution in [3.05, 3.63) is 22.2 Å². The molecule has 1 aliphatic rings. The van der Waals surface area contributed by atoms with Crippen LogP contribution in [0.15, 0.2) is 12.1 Å². The molecule has 0 amide bonds. The van der Waals surface area contributed by atoms with E-state index in [2.05, 4.69) is 10.2 Å². The minimum Gasteiger partial charge on any atom is -0.361 e. The fourth-order valence-corrected chi connectivity index (χ4v) is 2.34. The molecule has 1 aliphatic heterocycles.